The van der Waals surface area contributed by atoms with Crippen LogP contribution in [0.4, 0.5) is 0 Å². The highest BCUT2D eigenvalue weighted by atomic mass is 16.5. The summed E-state index contributed by atoms with van der Waals surface area (Å²) in [5.74, 6) is 2.28. The summed E-state index contributed by atoms with van der Waals surface area (Å²) in [4.78, 5) is 19.1. The molecule has 0 aromatic carbocycles. The molecule has 1 unspecified atom stereocenters. The van der Waals surface area contributed by atoms with Crippen molar-refractivity contribution in [2.45, 2.75) is 44.9 Å². The van der Waals surface area contributed by atoms with Gasteiger partial charge in [-0.05, 0) is 45.1 Å². The molecule has 1 aromatic heterocycles. The number of hydrogen-bond donors (Lipinski definition) is 1. The van der Waals surface area contributed by atoms with Crippen molar-refractivity contribution in [3.8, 4) is 0 Å². The van der Waals surface area contributed by atoms with E-state index in [2.05, 4.69) is 10.1 Å². The van der Waals surface area contributed by atoms with Crippen molar-refractivity contribution in [2.75, 3.05) is 19.6 Å². The van der Waals surface area contributed by atoms with Crippen molar-refractivity contribution in [2.24, 2.45) is 17.6 Å². The summed E-state index contributed by atoms with van der Waals surface area (Å²) in [6.45, 7) is 3.99. The van der Waals surface area contributed by atoms with Crippen molar-refractivity contribution in [3.63, 3.8) is 0 Å². The van der Waals surface area contributed by atoms with Gasteiger partial charge in [-0.15, -0.1) is 0 Å². The summed E-state index contributed by atoms with van der Waals surface area (Å²) in [6.07, 6.45) is 5.21. The first-order valence-electron chi connectivity index (χ1n) is 7.98. The van der Waals surface area contributed by atoms with Crippen LogP contribution in [0.1, 0.15) is 49.7 Å². The van der Waals surface area contributed by atoms with Gasteiger partial charge in [0.2, 0.25) is 11.8 Å². The number of nitrogens with zero attached hydrogens (tertiary/aromatic N) is 3. The Kier molecular flexibility index (Phi) is 4.24. The maximum absolute atomic E-state index is 12.8. The van der Waals surface area contributed by atoms with Gasteiger partial charge in [0.05, 0.1) is 5.92 Å². The second kappa shape index (κ2) is 6.13. The standard InChI is InChI=1S/C15H24N4O2/c1-10-17-14(21-18-10)12-5-3-7-19(9-12)15(20)13-6-2-4-11(13)8-16/h11-13H,2-9,16H2,1H3/t11-,12?,13-/m1/s1. The van der Waals surface area contributed by atoms with Crippen LogP contribution in [0.25, 0.3) is 0 Å². The minimum absolute atomic E-state index is 0.123. The van der Waals surface area contributed by atoms with Crippen LogP contribution < -0.4 is 5.73 Å². The average molecular weight is 292 g/mol. The zero-order chi connectivity index (χ0) is 14.8. The number of amides is 1. The number of nitrogens with two attached hydrogens (primary N) is 1. The van der Waals surface area contributed by atoms with Gasteiger partial charge in [0.1, 0.15) is 0 Å². The highest BCUT2D eigenvalue weighted by molar-refractivity contribution is 5.79. The Morgan fingerprint density at radius 3 is 2.95 bits per heavy atom. The van der Waals surface area contributed by atoms with Crippen LogP contribution >= 0.6 is 0 Å². The van der Waals surface area contributed by atoms with Gasteiger partial charge in [0.25, 0.3) is 0 Å². The molecule has 1 amide bonds. The molecule has 2 heterocycles. The van der Waals surface area contributed by atoms with Gasteiger partial charge >= 0.3 is 0 Å². The van der Waals surface area contributed by atoms with E-state index < -0.39 is 0 Å². The summed E-state index contributed by atoms with van der Waals surface area (Å²) >= 11 is 0. The summed E-state index contributed by atoms with van der Waals surface area (Å²) in [7, 11) is 0. The fourth-order valence-electron chi connectivity index (χ4n) is 3.74. The van der Waals surface area contributed by atoms with E-state index in [1.165, 1.54) is 0 Å². The smallest absolute Gasteiger partial charge is 0.231 e. The Morgan fingerprint density at radius 2 is 2.24 bits per heavy atom. The number of carbonyl (C=O) groups excluding carboxylic acids is 1. The molecule has 0 radical (unpaired) electrons. The zero-order valence-electron chi connectivity index (χ0n) is 12.6. The molecule has 6 heteroatoms. The lowest BCUT2D eigenvalue weighted by atomic mass is 9.92. The zero-order valence-corrected chi connectivity index (χ0v) is 12.6. The van der Waals surface area contributed by atoms with Crippen molar-refractivity contribution in [1.82, 2.24) is 15.0 Å². The van der Waals surface area contributed by atoms with Gasteiger partial charge in [0.15, 0.2) is 5.82 Å². The molecule has 1 saturated heterocycles. The van der Waals surface area contributed by atoms with Crippen LogP contribution in [0.2, 0.25) is 0 Å². The number of carbonyl (C=O) groups is 1. The van der Waals surface area contributed by atoms with Gasteiger partial charge in [-0.25, -0.2) is 0 Å². The highest BCUT2D eigenvalue weighted by Gasteiger charge is 2.37. The molecule has 1 aliphatic heterocycles. The summed E-state index contributed by atoms with van der Waals surface area (Å²) in [6, 6.07) is 0. The predicted molar refractivity (Wildman–Crippen MR) is 77.5 cm³/mol. The lowest BCUT2D eigenvalue weighted by Gasteiger charge is -2.34. The number of aryl methyl sites for hydroxylation is 1. The topological polar surface area (TPSA) is 85.2 Å². The minimum atomic E-state index is 0.123. The number of aromatic nitrogens is 2. The molecule has 1 saturated carbocycles. The highest BCUT2D eigenvalue weighted by Crippen LogP contribution is 2.34. The molecule has 6 nitrogen and oxygen atoms in total. The molecule has 2 N–H and O–H groups in total. The fourth-order valence-corrected chi connectivity index (χ4v) is 3.74. The molecule has 2 fully saturated rings. The lowest BCUT2D eigenvalue weighted by Crippen LogP contribution is -2.44. The van der Waals surface area contributed by atoms with Crippen molar-refractivity contribution < 1.29 is 9.32 Å². The molecule has 1 aliphatic carbocycles. The van der Waals surface area contributed by atoms with Crippen LogP contribution in [-0.4, -0.2) is 40.6 Å². The number of rotatable bonds is 3. The Balaban J connectivity index is 1.66. The Bertz CT molecular complexity index is 502. The molecule has 21 heavy (non-hydrogen) atoms. The first-order chi connectivity index (χ1) is 10.2. The SMILES string of the molecule is Cc1noc(C2CCCN(C(=O)[C@@H]3CCC[C@@H]3CN)C2)n1. The maximum Gasteiger partial charge on any atom is 0.231 e. The third-order valence-electron chi connectivity index (χ3n) is 4.90. The van der Waals surface area contributed by atoms with E-state index in [1.54, 1.807) is 0 Å². The molecule has 0 spiro atoms. The quantitative estimate of drug-likeness (QED) is 0.911. The van der Waals surface area contributed by atoms with E-state index in [1.807, 2.05) is 11.8 Å². The van der Waals surface area contributed by atoms with E-state index in [0.29, 0.717) is 30.7 Å². The van der Waals surface area contributed by atoms with Crippen LogP contribution in [0, 0.1) is 18.8 Å². The van der Waals surface area contributed by atoms with Gasteiger partial charge < -0.3 is 15.2 Å². The monoisotopic (exact) mass is 292 g/mol. The molecule has 2 aliphatic rings. The van der Waals surface area contributed by atoms with E-state index in [9.17, 15) is 4.79 Å². The molecule has 0 bridgehead atoms. The number of hydrogen-bond acceptors (Lipinski definition) is 5. The molecule has 116 valence electrons. The fraction of sp³-hybridized carbons (Fsp3) is 0.800. The van der Waals surface area contributed by atoms with Crippen molar-refractivity contribution in [3.05, 3.63) is 11.7 Å². The summed E-state index contributed by atoms with van der Waals surface area (Å²) in [5.41, 5.74) is 5.81. The molecular weight excluding hydrogens is 268 g/mol. The predicted octanol–water partition coefficient (Wildman–Crippen LogP) is 1.46. The molecule has 1 aromatic rings. The maximum atomic E-state index is 12.8. The van der Waals surface area contributed by atoms with E-state index >= 15 is 0 Å². The Labute approximate surface area is 125 Å². The van der Waals surface area contributed by atoms with E-state index in [4.69, 9.17) is 10.3 Å². The minimum Gasteiger partial charge on any atom is -0.342 e. The number of likely N-dealkylation sites (tertiary alicyclic amines) is 1. The van der Waals surface area contributed by atoms with Gasteiger partial charge in [-0.3, -0.25) is 4.79 Å². The third kappa shape index (κ3) is 2.95. The van der Waals surface area contributed by atoms with Crippen molar-refractivity contribution >= 4 is 5.91 Å². The first kappa shape index (κ1) is 14.5. The third-order valence-corrected chi connectivity index (χ3v) is 4.90. The summed E-state index contributed by atoms with van der Waals surface area (Å²) in [5, 5.41) is 3.86. The van der Waals surface area contributed by atoms with Crippen LogP contribution in [-0.2, 0) is 4.79 Å². The summed E-state index contributed by atoms with van der Waals surface area (Å²) < 4.78 is 5.28. The molecule has 3 rings (SSSR count). The lowest BCUT2D eigenvalue weighted by molar-refractivity contribution is -0.138. The number of piperidine rings is 1. The largest absolute Gasteiger partial charge is 0.342 e. The Morgan fingerprint density at radius 1 is 1.38 bits per heavy atom. The second-order valence-corrected chi connectivity index (χ2v) is 6.34. The second-order valence-electron chi connectivity index (χ2n) is 6.34. The van der Waals surface area contributed by atoms with Crippen LogP contribution in [0.3, 0.4) is 0 Å². The molecular formula is C15H24N4O2. The van der Waals surface area contributed by atoms with Gasteiger partial charge in [-0.2, -0.15) is 4.98 Å². The van der Waals surface area contributed by atoms with Crippen molar-refractivity contribution in [1.29, 1.82) is 0 Å². The van der Waals surface area contributed by atoms with E-state index in [0.717, 1.165) is 38.6 Å². The molecule has 3 atom stereocenters. The van der Waals surface area contributed by atoms with E-state index in [-0.39, 0.29) is 17.7 Å². The van der Waals surface area contributed by atoms with Gasteiger partial charge in [-0.1, -0.05) is 11.6 Å². The van der Waals surface area contributed by atoms with Crippen LogP contribution in [0.15, 0.2) is 4.52 Å². The first-order valence-corrected chi connectivity index (χ1v) is 7.98. The Hall–Kier alpha value is -1.43. The normalized spacial score (nSPS) is 29.8. The average Bonchev–Trinajstić information content (AvgIpc) is 3.15. The van der Waals surface area contributed by atoms with Crippen LogP contribution in [0.5, 0.6) is 0 Å². The van der Waals surface area contributed by atoms with Gasteiger partial charge in [0, 0.05) is 19.0 Å².